The van der Waals surface area contributed by atoms with E-state index in [1.807, 2.05) is 43.3 Å². The summed E-state index contributed by atoms with van der Waals surface area (Å²) in [7, 11) is 0. The number of nitrogens with two attached hydrogens (primary N) is 2. The minimum Gasteiger partial charge on any atom is -0.366 e. The molecule has 28 heavy (non-hydrogen) atoms. The topological polar surface area (TPSA) is 88.8 Å². The molecule has 0 aromatic heterocycles. The van der Waals surface area contributed by atoms with Crippen molar-refractivity contribution in [3.63, 3.8) is 0 Å². The summed E-state index contributed by atoms with van der Waals surface area (Å²) >= 11 is 0. The van der Waals surface area contributed by atoms with Gasteiger partial charge in [-0.15, -0.1) is 0 Å². The Hall–Kier alpha value is -3.44. The van der Waals surface area contributed by atoms with Crippen LogP contribution in [0.1, 0.15) is 34.5 Å². The lowest BCUT2D eigenvalue weighted by atomic mass is 9.98. The molecule has 3 aromatic rings. The maximum atomic E-state index is 12.7. The molecule has 0 saturated heterocycles. The summed E-state index contributed by atoms with van der Waals surface area (Å²) in [5, 5.41) is 4.95. The van der Waals surface area contributed by atoms with Crippen LogP contribution in [-0.4, -0.2) is 17.9 Å². The number of anilines is 1. The number of hydrogen-bond acceptors (Lipinski definition) is 2. The summed E-state index contributed by atoms with van der Waals surface area (Å²) in [6.45, 7) is 1.88. The highest BCUT2D eigenvalue weighted by Gasteiger charge is 2.24. The summed E-state index contributed by atoms with van der Waals surface area (Å²) in [5.41, 5.74) is 8.56. The van der Waals surface area contributed by atoms with Gasteiger partial charge in [0.2, 0.25) is 5.91 Å². The molecule has 5 heteroatoms. The minimum atomic E-state index is -0.492. The standard InChI is InChI=1S/C23H23N3O2/c1-16(23(28)26-20-14-12-19(13-15-20)22(24)27)25-21(17-8-4-2-5-9-17)18-10-6-3-7-11-18/h2-16,21,25H,1H3,(H2,24,27)(H,26,28)/p+1/t16-/m1/s1. The van der Waals surface area contributed by atoms with E-state index in [2.05, 4.69) is 34.9 Å². The maximum absolute atomic E-state index is 12.7. The third kappa shape index (κ3) is 4.84. The summed E-state index contributed by atoms with van der Waals surface area (Å²) in [4.78, 5) is 23.9. The first-order valence-corrected chi connectivity index (χ1v) is 9.20. The third-order valence-corrected chi connectivity index (χ3v) is 4.65. The maximum Gasteiger partial charge on any atom is 0.282 e. The van der Waals surface area contributed by atoms with Crippen molar-refractivity contribution < 1.29 is 14.9 Å². The minimum absolute atomic E-state index is 0.0142. The number of carbonyl (C=O) groups excluding carboxylic acids is 2. The molecular weight excluding hydrogens is 350 g/mol. The predicted octanol–water partition coefficient (Wildman–Crippen LogP) is 2.47. The van der Waals surface area contributed by atoms with E-state index >= 15 is 0 Å². The van der Waals surface area contributed by atoms with Crippen LogP contribution in [0, 0.1) is 0 Å². The second-order valence-electron chi connectivity index (χ2n) is 6.71. The zero-order chi connectivity index (χ0) is 19.9. The van der Waals surface area contributed by atoms with E-state index in [1.54, 1.807) is 24.3 Å². The van der Waals surface area contributed by atoms with Crippen LogP contribution < -0.4 is 16.4 Å². The zero-order valence-electron chi connectivity index (χ0n) is 15.7. The molecule has 2 amide bonds. The summed E-state index contributed by atoms with van der Waals surface area (Å²) in [5.74, 6) is -0.600. The van der Waals surface area contributed by atoms with Crippen molar-refractivity contribution in [2.75, 3.05) is 5.32 Å². The Kier molecular flexibility index (Phi) is 6.19. The summed E-state index contributed by atoms with van der Waals surface area (Å²) in [6.07, 6.45) is 0. The predicted molar refractivity (Wildman–Crippen MR) is 110 cm³/mol. The second-order valence-corrected chi connectivity index (χ2v) is 6.71. The van der Waals surface area contributed by atoms with Gasteiger partial charge < -0.3 is 16.4 Å². The van der Waals surface area contributed by atoms with Crippen molar-refractivity contribution in [2.24, 2.45) is 5.73 Å². The van der Waals surface area contributed by atoms with Crippen molar-refractivity contribution in [1.82, 2.24) is 0 Å². The van der Waals surface area contributed by atoms with Crippen molar-refractivity contribution in [3.05, 3.63) is 102 Å². The number of carbonyl (C=O) groups is 2. The van der Waals surface area contributed by atoms with Crippen LogP contribution in [0.2, 0.25) is 0 Å². The SMILES string of the molecule is C[C@@H]([NH2+]C(c1ccccc1)c1ccccc1)C(=O)Nc1ccc(C(N)=O)cc1. The van der Waals surface area contributed by atoms with Gasteiger partial charge in [-0.1, -0.05) is 60.7 Å². The zero-order valence-corrected chi connectivity index (χ0v) is 15.7. The molecule has 0 saturated carbocycles. The van der Waals surface area contributed by atoms with Crippen LogP contribution in [-0.2, 0) is 4.79 Å². The number of primary amides is 1. The average Bonchev–Trinajstić information content (AvgIpc) is 2.73. The molecule has 142 valence electrons. The molecule has 0 spiro atoms. The van der Waals surface area contributed by atoms with E-state index < -0.39 is 5.91 Å². The van der Waals surface area contributed by atoms with E-state index in [0.29, 0.717) is 11.3 Å². The van der Waals surface area contributed by atoms with Gasteiger partial charge in [-0.05, 0) is 31.2 Å². The Balaban J connectivity index is 1.73. The summed E-state index contributed by atoms with van der Waals surface area (Å²) < 4.78 is 0. The van der Waals surface area contributed by atoms with Gasteiger partial charge in [-0.2, -0.15) is 0 Å². The van der Waals surface area contributed by atoms with Gasteiger partial charge in [0.05, 0.1) is 0 Å². The smallest absolute Gasteiger partial charge is 0.282 e. The first kappa shape index (κ1) is 19.3. The highest BCUT2D eigenvalue weighted by atomic mass is 16.2. The normalized spacial score (nSPS) is 11.8. The molecule has 0 aliphatic rings. The van der Waals surface area contributed by atoms with Crippen LogP contribution in [0.15, 0.2) is 84.9 Å². The van der Waals surface area contributed by atoms with Crippen molar-refractivity contribution in [3.8, 4) is 0 Å². The van der Waals surface area contributed by atoms with E-state index in [9.17, 15) is 9.59 Å². The molecule has 3 rings (SSSR count). The lowest BCUT2D eigenvalue weighted by molar-refractivity contribution is -0.704. The van der Waals surface area contributed by atoms with Gasteiger partial charge in [0.15, 0.2) is 6.04 Å². The number of benzene rings is 3. The van der Waals surface area contributed by atoms with Crippen molar-refractivity contribution in [1.29, 1.82) is 0 Å². The Labute approximate surface area is 164 Å². The highest BCUT2D eigenvalue weighted by Crippen LogP contribution is 2.18. The molecule has 0 aliphatic heterocycles. The summed E-state index contributed by atoms with van der Waals surface area (Å²) in [6, 6.07) is 26.5. The van der Waals surface area contributed by atoms with Gasteiger partial charge >= 0.3 is 0 Å². The quantitative estimate of drug-likeness (QED) is 0.593. The number of rotatable bonds is 7. The number of nitrogens with one attached hydrogen (secondary N) is 1. The molecule has 0 aliphatic carbocycles. The monoisotopic (exact) mass is 374 g/mol. The largest absolute Gasteiger partial charge is 0.366 e. The van der Waals surface area contributed by atoms with Crippen molar-refractivity contribution >= 4 is 17.5 Å². The van der Waals surface area contributed by atoms with Gasteiger partial charge in [0.1, 0.15) is 6.04 Å². The fourth-order valence-electron chi connectivity index (χ4n) is 3.09. The first-order chi connectivity index (χ1) is 13.5. The fourth-order valence-corrected chi connectivity index (χ4v) is 3.09. The molecule has 0 unspecified atom stereocenters. The Morgan fingerprint density at radius 1 is 0.821 bits per heavy atom. The van der Waals surface area contributed by atoms with Gasteiger partial charge in [-0.25, -0.2) is 0 Å². The molecule has 5 nitrogen and oxygen atoms in total. The number of amides is 2. The molecule has 0 heterocycles. The van der Waals surface area contributed by atoms with E-state index in [-0.39, 0.29) is 18.0 Å². The third-order valence-electron chi connectivity index (χ3n) is 4.65. The van der Waals surface area contributed by atoms with E-state index in [0.717, 1.165) is 11.1 Å². The van der Waals surface area contributed by atoms with Gasteiger partial charge in [0, 0.05) is 22.4 Å². The lowest BCUT2D eigenvalue weighted by Gasteiger charge is -2.20. The van der Waals surface area contributed by atoms with Crippen LogP contribution >= 0.6 is 0 Å². The number of hydrogen-bond donors (Lipinski definition) is 3. The molecule has 0 radical (unpaired) electrons. The van der Waals surface area contributed by atoms with Crippen molar-refractivity contribution in [2.45, 2.75) is 19.0 Å². The van der Waals surface area contributed by atoms with E-state index in [4.69, 9.17) is 5.73 Å². The van der Waals surface area contributed by atoms with Crippen LogP contribution in [0.3, 0.4) is 0 Å². The second kappa shape index (κ2) is 8.97. The fraction of sp³-hybridized carbons (Fsp3) is 0.130. The van der Waals surface area contributed by atoms with Crippen LogP contribution in [0.25, 0.3) is 0 Å². The van der Waals surface area contributed by atoms with E-state index in [1.165, 1.54) is 0 Å². The average molecular weight is 374 g/mol. The first-order valence-electron chi connectivity index (χ1n) is 9.20. The van der Waals surface area contributed by atoms with Gasteiger partial charge in [0.25, 0.3) is 5.91 Å². The molecule has 0 fully saturated rings. The van der Waals surface area contributed by atoms with Crippen LogP contribution in [0.5, 0.6) is 0 Å². The molecular formula is C23H24N3O2+. The molecule has 1 atom stereocenters. The number of quaternary nitrogens is 1. The van der Waals surface area contributed by atoms with Crippen LogP contribution in [0.4, 0.5) is 5.69 Å². The highest BCUT2D eigenvalue weighted by molar-refractivity contribution is 5.95. The molecule has 0 bridgehead atoms. The molecule has 3 aromatic carbocycles. The van der Waals surface area contributed by atoms with Gasteiger partial charge in [-0.3, -0.25) is 9.59 Å². The Morgan fingerprint density at radius 3 is 1.79 bits per heavy atom. The lowest BCUT2D eigenvalue weighted by Crippen LogP contribution is -2.92. The molecule has 5 N–H and O–H groups in total. The Bertz CT molecular complexity index is 886. The Morgan fingerprint density at radius 2 is 1.32 bits per heavy atom.